The number of unbranched alkanes of at least 4 members (excludes halogenated alkanes) is 1. The molecule has 0 spiro atoms. The highest BCUT2D eigenvalue weighted by Gasteiger charge is 2.25. The maximum Gasteiger partial charge on any atom is 0.326 e. The van der Waals surface area contributed by atoms with Gasteiger partial charge in [-0.2, -0.15) is 0 Å². The molecule has 7 N–H and O–H groups in total. The lowest BCUT2D eigenvalue weighted by Gasteiger charge is -2.16. The van der Waals surface area contributed by atoms with Gasteiger partial charge in [0.15, 0.2) is 5.78 Å². The number of hydrogen-bond acceptors (Lipinski definition) is 11. The number of carboxylic acids is 3. The van der Waals surface area contributed by atoms with Crippen molar-refractivity contribution in [2.45, 2.75) is 64.3 Å². The zero-order valence-electron chi connectivity index (χ0n) is 25.6. The van der Waals surface area contributed by atoms with Crippen LogP contribution in [0.2, 0.25) is 0 Å². The van der Waals surface area contributed by atoms with E-state index in [4.69, 9.17) is 24.4 Å². The van der Waals surface area contributed by atoms with Crippen molar-refractivity contribution in [2.75, 3.05) is 59.3 Å². The third-order valence-electron chi connectivity index (χ3n) is 6.32. The molecule has 17 heteroatoms. The smallest absolute Gasteiger partial charge is 0.326 e. The van der Waals surface area contributed by atoms with Gasteiger partial charge in [-0.3, -0.25) is 28.8 Å². The summed E-state index contributed by atoms with van der Waals surface area (Å²) in [4.78, 5) is 81.8. The number of nitrogens with one attached hydrogen (secondary N) is 3. The van der Waals surface area contributed by atoms with Crippen LogP contribution in [0.15, 0.2) is 0 Å². The fraction of sp³-hybridized carbons (Fsp3) is 0.750. The lowest BCUT2D eigenvalue weighted by molar-refractivity contribution is -0.145. The highest BCUT2D eigenvalue weighted by molar-refractivity contribution is 5.86. The summed E-state index contributed by atoms with van der Waals surface area (Å²) in [5.41, 5.74) is 0. The van der Waals surface area contributed by atoms with Crippen molar-refractivity contribution in [3.8, 4) is 0 Å². The molecule has 0 heterocycles. The van der Waals surface area contributed by atoms with Crippen molar-refractivity contribution in [2.24, 2.45) is 11.8 Å². The second kappa shape index (κ2) is 25.6. The van der Waals surface area contributed by atoms with E-state index in [1.54, 1.807) is 6.92 Å². The van der Waals surface area contributed by atoms with Crippen LogP contribution in [0.25, 0.3) is 0 Å². The first-order chi connectivity index (χ1) is 21.4. The van der Waals surface area contributed by atoms with E-state index < -0.39 is 59.8 Å². The summed E-state index contributed by atoms with van der Waals surface area (Å²) in [5.74, 6) is -7.27. The first kappa shape index (κ1) is 41.3. The maximum absolute atomic E-state index is 12.3. The Morgan fingerprint density at radius 2 is 1.29 bits per heavy atom. The van der Waals surface area contributed by atoms with Crippen molar-refractivity contribution < 1.29 is 68.2 Å². The molecule has 0 aromatic rings. The highest BCUT2D eigenvalue weighted by Crippen LogP contribution is 2.13. The molecule has 0 radical (unpaired) electrons. The molecule has 0 unspecified atom stereocenters. The van der Waals surface area contributed by atoms with Gasteiger partial charge in [0.1, 0.15) is 19.3 Å². The molecule has 0 rings (SSSR count). The monoisotopic (exact) mass is 649 g/mol. The van der Waals surface area contributed by atoms with E-state index in [0.29, 0.717) is 25.8 Å². The highest BCUT2D eigenvalue weighted by atomic mass is 16.5. The summed E-state index contributed by atoms with van der Waals surface area (Å²) in [6, 6.07) is -1.37. The molecular formula is C28H47N3O14. The quantitative estimate of drug-likeness (QED) is 0.0477. The minimum Gasteiger partial charge on any atom is -0.481 e. The second-order valence-electron chi connectivity index (χ2n) is 10.2. The lowest BCUT2D eigenvalue weighted by Crippen LogP contribution is -2.42. The Bertz CT molecular complexity index is 945. The molecule has 0 aliphatic carbocycles. The maximum atomic E-state index is 12.3. The van der Waals surface area contributed by atoms with Gasteiger partial charge in [-0.15, -0.1) is 0 Å². The topological polar surface area (TPSA) is 264 Å². The zero-order valence-corrected chi connectivity index (χ0v) is 25.6. The lowest BCUT2D eigenvalue weighted by atomic mass is 9.97. The molecule has 0 bridgehead atoms. The zero-order chi connectivity index (χ0) is 34.0. The van der Waals surface area contributed by atoms with Gasteiger partial charge in [-0.05, 0) is 25.7 Å². The molecule has 0 fully saturated rings. The first-order valence-electron chi connectivity index (χ1n) is 14.7. The van der Waals surface area contributed by atoms with Crippen LogP contribution in [-0.2, 0) is 47.8 Å². The number of ether oxygens (including phenoxy) is 3. The van der Waals surface area contributed by atoms with E-state index in [2.05, 4.69) is 16.0 Å². The number of amides is 3. The molecule has 0 aliphatic rings. The number of aliphatic hydroxyl groups is 1. The molecule has 3 atom stereocenters. The van der Waals surface area contributed by atoms with Crippen molar-refractivity contribution in [3.05, 3.63) is 0 Å². The third-order valence-corrected chi connectivity index (χ3v) is 6.32. The molecule has 0 saturated heterocycles. The summed E-state index contributed by atoms with van der Waals surface area (Å²) in [6.45, 7) is 1.76. The predicted molar refractivity (Wildman–Crippen MR) is 155 cm³/mol. The Morgan fingerprint density at radius 1 is 0.644 bits per heavy atom. The van der Waals surface area contributed by atoms with E-state index >= 15 is 0 Å². The predicted octanol–water partition coefficient (Wildman–Crippen LogP) is -1.06. The van der Waals surface area contributed by atoms with Crippen molar-refractivity contribution in [1.29, 1.82) is 0 Å². The summed E-state index contributed by atoms with van der Waals surface area (Å²) >= 11 is 0. The van der Waals surface area contributed by atoms with E-state index in [-0.39, 0.29) is 84.4 Å². The van der Waals surface area contributed by atoms with Crippen LogP contribution in [0.5, 0.6) is 0 Å². The van der Waals surface area contributed by atoms with Gasteiger partial charge < -0.3 is 50.6 Å². The van der Waals surface area contributed by atoms with Gasteiger partial charge >= 0.3 is 17.9 Å². The second-order valence-corrected chi connectivity index (χ2v) is 10.2. The molecule has 45 heavy (non-hydrogen) atoms. The van der Waals surface area contributed by atoms with Gasteiger partial charge in [0.05, 0.1) is 44.9 Å². The van der Waals surface area contributed by atoms with Crippen molar-refractivity contribution >= 4 is 41.4 Å². The Labute approximate surface area is 261 Å². The van der Waals surface area contributed by atoms with Crippen LogP contribution < -0.4 is 16.0 Å². The molecule has 0 aromatic carbocycles. The number of ketones is 1. The van der Waals surface area contributed by atoms with Gasteiger partial charge in [0, 0.05) is 32.4 Å². The van der Waals surface area contributed by atoms with E-state index in [0.717, 1.165) is 0 Å². The number of Topliss-reactive ketones (excluding diaryl/α,β-unsaturated/α-hetero) is 1. The van der Waals surface area contributed by atoms with Gasteiger partial charge in [-0.1, -0.05) is 13.3 Å². The van der Waals surface area contributed by atoms with Gasteiger partial charge in [-0.25, -0.2) is 4.79 Å². The molecule has 3 amide bonds. The largest absolute Gasteiger partial charge is 0.481 e. The number of carbonyl (C=O) groups is 7. The normalized spacial score (nSPS) is 12.8. The summed E-state index contributed by atoms with van der Waals surface area (Å²) < 4.78 is 15.3. The number of carbonyl (C=O) groups excluding carboxylic acids is 4. The van der Waals surface area contributed by atoms with E-state index in [1.807, 2.05) is 0 Å². The molecular weight excluding hydrogens is 602 g/mol. The minimum absolute atomic E-state index is 0.0418. The Kier molecular flexibility index (Phi) is 23.5. The molecule has 0 saturated carbocycles. The Hall–Kier alpha value is -3.67. The molecule has 258 valence electrons. The van der Waals surface area contributed by atoms with E-state index in [1.165, 1.54) is 0 Å². The van der Waals surface area contributed by atoms with E-state index in [9.17, 15) is 43.8 Å². The van der Waals surface area contributed by atoms with Crippen molar-refractivity contribution in [3.63, 3.8) is 0 Å². The number of aliphatic carboxylic acids is 3. The van der Waals surface area contributed by atoms with Crippen LogP contribution in [0.1, 0.15) is 58.3 Å². The average molecular weight is 650 g/mol. The molecule has 17 nitrogen and oxygen atoms in total. The van der Waals surface area contributed by atoms with Gasteiger partial charge in [0.25, 0.3) is 0 Å². The average Bonchev–Trinajstić information content (AvgIpc) is 2.98. The number of hydrogen-bond donors (Lipinski definition) is 7. The fourth-order valence-electron chi connectivity index (χ4n) is 3.72. The summed E-state index contributed by atoms with van der Waals surface area (Å²) in [6.07, 6.45) is 0.274. The van der Waals surface area contributed by atoms with Crippen LogP contribution >= 0.6 is 0 Å². The standard InChI is InChI=1S/C28H47N3O14/c1-19(26(37)38)4-2-3-9-29-23(34)8-6-22(28(41)42)31-24(35)7-5-20(27(39)40)16-21(33)17-45-15-14-43-12-10-30-25(36)18-44-13-11-32/h19-20,22,32H,2-18H2,1H3,(H,29,34)(H,30,36)(H,31,35)(H,37,38)(H,39,40)(H,41,42)/t19-,20+,22-/m0/s1. The third kappa shape index (κ3) is 23.4. The van der Waals surface area contributed by atoms with Crippen LogP contribution in [0, 0.1) is 11.8 Å². The molecule has 0 aliphatic heterocycles. The Balaban J connectivity index is 4.25. The summed E-state index contributed by atoms with van der Waals surface area (Å²) in [7, 11) is 0. The number of rotatable bonds is 29. The Morgan fingerprint density at radius 3 is 1.93 bits per heavy atom. The van der Waals surface area contributed by atoms with Gasteiger partial charge in [0.2, 0.25) is 17.7 Å². The van der Waals surface area contributed by atoms with Crippen LogP contribution in [0.3, 0.4) is 0 Å². The summed E-state index contributed by atoms with van der Waals surface area (Å²) in [5, 5.41) is 43.7. The van der Waals surface area contributed by atoms with Crippen LogP contribution in [-0.4, -0.2) is 127 Å². The van der Waals surface area contributed by atoms with Crippen molar-refractivity contribution in [1.82, 2.24) is 16.0 Å². The minimum atomic E-state index is -1.37. The number of aliphatic hydroxyl groups excluding tert-OH is 1. The first-order valence-corrected chi connectivity index (χ1v) is 14.7. The SMILES string of the molecule is C[C@@H](CCCCNC(=O)CC[C@H](NC(=O)CC[C@H](CC(=O)COCCOCCNC(=O)COCCO)C(=O)O)C(=O)O)C(=O)O. The fourth-order valence-corrected chi connectivity index (χ4v) is 3.72. The van der Waals surface area contributed by atoms with Crippen LogP contribution in [0.4, 0.5) is 0 Å². The molecule has 0 aromatic heterocycles. The number of carboxylic acid groups (broad SMARTS) is 3.